The molecule has 25 nitrogen and oxygen atoms in total. The number of carbonyl (C=O) groups is 9. The minimum atomic E-state index is -1.51. The van der Waals surface area contributed by atoms with Crippen molar-refractivity contribution >= 4 is 59.2 Å². The van der Waals surface area contributed by atoms with Crippen LogP contribution in [-0.2, 0) is 62.4 Å². The first-order valence-electron chi connectivity index (χ1n) is 24.8. The minimum Gasteiger partial charge on any atom is -0.508 e. The van der Waals surface area contributed by atoms with E-state index in [1.165, 1.54) is 41.7 Å². The van der Waals surface area contributed by atoms with Gasteiger partial charge < -0.3 is 74.3 Å². The average molecular weight is 1050 g/mol. The van der Waals surface area contributed by atoms with E-state index in [0.29, 0.717) is 29.7 Å². The number of aliphatic imine (C=N–C) groups is 1. The van der Waals surface area contributed by atoms with E-state index in [0.717, 1.165) is 0 Å². The maximum absolute atomic E-state index is 14.5. The number of aromatic hydroxyl groups is 1. The highest BCUT2D eigenvalue weighted by Gasteiger charge is 2.41. The summed E-state index contributed by atoms with van der Waals surface area (Å²) in [4.78, 5) is 134. The maximum Gasteiger partial charge on any atom is 0.326 e. The van der Waals surface area contributed by atoms with Gasteiger partial charge in [0.1, 0.15) is 48.0 Å². The van der Waals surface area contributed by atoms with Crippen molar-refractivity contribution in [3.05, 3.63) is 83.9 Å². The molecule has 4 rings (SSSR count). The molecule has 1 aliphatic heterocycles. The number of carbonyl (C=O) groups excluding carboxylic acids is 7. The molecule has 1 saturated heterocycles. The minimum absolute atomic E-state index is 0.00238. The standard InChI is InChI=1S/C50H71N13O12/c1-5-28(4)41(62-43(68)34(13-9-19-55-50(52)53)57-42(67)33(51)24-39(65)66)47(72)58-35(21-30-15-17-32(64)18-16-30)44(69)61-40(27(2)3)46(71)59-36(23-31-25-54-26-56-31)48(73)63-20-10-14-38(63)45(70)60-37(49(74)75)22-29-11-7-6-8-12-29/h6-8,11-12,15-18,25-28,33-38,40-41,64H,5,9-10,13-14,19-24,51H2,1-4H3,(H,54,56)(H,57,67)(H,58,72)(H,59,71)(H,60,70)(H,61,69)(H,62,68)(H,65,66)(H,74,75)(H4,52,53,55)/t28-,33-,34-,35-,36-,37-,38-,40-,41-/m0/s1. The van der Waals surface area contributed by atoms with Gasteiger partial charge in [-0.15, -0.1) is 0 Å². The molecule has 2 heterocycles. The monoisotopic (exact) mass is 1050 g/mol. The number of guanidine groups is 1. The van der Waals surface area contributed by atoms with Crippen molar-refractivity contribution in [2.75, 3.05) is 13.1 Å². The van der Waals surface area contributed by atoms with Crippen LogP contribution in [0.1, 0.15) is 83.0 Å². The number of H-pyrrole nitrogens is 1. The molecular formula is C50H71N13O12. The number of phenolic OH excluding ortho intramolecular Hbond substituents is 1. The number of hydrogen-bond acceptors (Lipinski definition) is 13. The number of phenols is 1. The zero-order chi connectivity index (χ0) is 55.4. The number of aromatic nitrogens is 2. The fourth-order valence-corrected chi connectivity index (χ4v) is 8.31. The van der Waals surface area contributed by atoms with Crippen molar-refractivity contribution < 1.29 is 58.5 Å². The molecule has 0 unspecified atom stereocenters. The summed E-state index contributed by atoms with van der Waals surface area (Å²) in [7, 11) is 0. The third-order valence-electron chi connectivity index (χ3n) is 12.7. The Morgan fingerprint density at radius 3 is 1.95 bits per heavy atom. The molecule has 1 aliphatic rings. The highest BCUT2D eigenvalue weighted by Crippen LogP contribution is 2.21. The molecule has 3 aromatic rings. The molecule has 0 bridgehead atoms. The van der Waals surface area contributed by atoms with Crippen molar-refractivity contribution in [3.63, 3.8) is 0 Å². The molecule has 0 aliphatic carbocycles. The second kappa shape index (κ2) is 29.0. The second-order valence-corrected chi connectivity index (χ2v) is 18.9. The van der Waals surface area contributed by atoms with Crippen LogP contribution in [0.3, 0.4) is 0 Å². The number of aromatic amines is 1. The van der Waals surface area contributed by atoms with E-state index < -0.39 is 120 Å². The Kier molecular flexibility index (Phi) is 23.0. The van der Waals surface area contributed by atoms with Crippen molar-refractivity contribution in [1.29, 1.82) is 0 Å². The lowest BCUT2D eigenvalue weighted by Gasteiger charge is -2.31. The number of carboxylic acids is 2. The predicted octanol–water partition coefficient (Wildman–Crippen LogP) is -1.31. The van der Waals surface area contributed by atoms with Crippen LogP contribution in [0.2, 0.25) is 0 Å². The first-order chi connectivity index (χ1) is 35.6. The van der Waals surface area contributed by atoms with Crippen LogP contribution in [0.25, 0.3) is 0 Å². The van der Waals surface area contributed by atoms with Gasteiger partial charge >= 0.3 is 11.9 Å². The zero-order valence-corrected chi connectivity index (χ0v) is 42.5. The summed E-state index contributed by atoms with van der Waals surface area (Å²) in [5.74, 6) is -9.64. The first-order valence-corrected chi connectivity index (χ1v) is 24.8. The smallest absolute Gasteiger partial charge is 0.326 e. The van der Waals surface area contributed by atoms with E-state index in [2.05, 4.69) is 46.9 Å². The van der Waals surface area contributed by atoms with Gasteiger partial charge in [-0.3, -0.25) is 43.3 Å². The summed E-state index contributed by atoms with van der Waals surface area (Å²) in [6.07, 6.45) is 2.90. The van der Waals surface area contributed by atoms with Gasteiger partial charge in [0.05, 0.1) is 18.8 Å². The van der Waals surface area contributed by atoms with E-state index in [1.807, 2.05) is 0 Å². The van der Waals surface area contributed by atoms with Crippen LogP contribution in [-0.4, -0.2) is 151 Å². The Balaban J connectivity index is 1.59. The molecule has 0 saturated carbocycles. The molecule has 1 fully saturated rings. The van der Waals surface area contributed by atoms with Crippen LogP contribution >= 0.6 is 0 Å². The SMILES string of the molecule is CC[C@H](C)[C@H](NC(=O)[C@H](CCCN=C(N)N)NC(=O)[C@@H](N)CC(=O)O)C(=O)N[C@@H](Cc1ccc(O)cc1)C(=O)N[C@H](C(=O)N[C@@H](Cc1cnc[nH]1)C(=O)N1CCC[C@H]1C(=O)N[C@@H](Cc1ccccc1)C(=O)O)C(C)C. The van der Waals surface area contributed by atoms with E-state index in [9.17, 15) is 58.5 Å². The van der Waals surface area contributed by atoms with Gasteiger partial charge in [0.25, 0.3) is 0 Å². The number of nitrogens with two attached hydrogens (primary N) is 3. The van der Waals surface area contributed by atoms with Crippen molar-refractivity contribution in [2.24, 2.45) is 34.0 Å². The van der Waals surface area contributed by atoms with Gasteiger partial charge in [-0.2, -0.15) is 0 Å². The van der Waals surface area contributed by atoms with Gasteiger partial charge in [0, 0.05) is 44.2 Å². The number of rotatable bonds is 29. The summed E-state index contributed by atoms with van der Waals surface area (Å²) >= 11 is 0. The summed E-state index contributed by atoms with van der Waals surface area (Å²) in [6, 6.07) is 3.95. The van der Waals surface area contributed by atoms with Crippen LogP contribution in [0.15, 0.2) is 72.1 Å². The van der Waals surface area contributed by atoms with E-state index in [1.54, 1.807) is 58.0 Å². The summed E-state index contributed by atoms with van der Waals surface area (Å²) in [5, 5.41) is 45.1. The molecule has 7 amide bonds. The number of amides is 7. The summed E-state index contributed by atoms with van der Waals surface area (Å²) in [6.45, 7) is 6.91. The van der Waals surface area contributed by atoms with Crippen molar-refractivity contribution in [3.8, 4) is 5.75 Å². The summed E-state index contributed by atoms with van der Waals surface area (Å²) in [5.41, 5.74) is 18.3. The molecule has 0 spiro atoms. The fourth-order valence-electron chi connectivity index (χ4n) is 8.31. The molecule has 408 valence electrons. The third-order valence-corrected chi connectivity index (χ3v) is 12.7. The lowest BCUT2D eigenvalue weighted by atomic mass is 9.96. The lowest BCUT2D eigenvalue weighted by molar-refractivity contribution is -0.145. The van der Waals surface area contributed by atoms with Gasteiger partial charge in [-0.1, -0.05) is 76.6 Å². The Morgan fingerprint density at radius 2 is 1.35 bits per heavy atom. The molecule has 0 radical (unpaired) electrons. The molecule has 16 N–H and O–H groups in total. The van der Waals surface area contributed by atoms with Gasteiger partial charge in [-0.05, 0) is 60.8 Å². The number of aliphatic carboxylic acids is 2. The Bertz CT molecular complexity index is 2450. The van der Waals surface area contributed by atoms with E-state index in [-0.39, 0.29) is 63.3 Å². The maximum atomic E-state index is 14.5. The highest BCUT2D eigenvalue weighted by atomic mass is 16.4. The number of carboxylic acid groups (broad SMARTS) is 2. The quantitative estimate of drug-likeness (QED) is 0.0218. The average Bonchev–Trinajstić information content (AvgIpc) is 4.08. The van der Waals surface area contributed by atoms with Crippen LogP contribution < -0.4 is 49.1 Å². The molecule has 1 aromatic heterocycles. The number of nitrogens with zero attached hydrogens (tertiary/aromatic N) is 3. The molecular weight excluding hydrogens is 975 g/mol. The fraction of sp³-hybridized carbons (Fsp3) is 0.500. The van der Waals surface area contributed by atoms with E-state index in [4.69, 9.17) is 17.2 Å². The number of benzene rings is 2. The molecule has 75 heavy (non-hydrogen) atoms. The van der Waals surface area contributed by atoms with Gasteiger partial charge in [0.2, 0.25) is 41.4 Å². The lowest BCUT2D eigenvalue weighted by Crippen LogP contribution is -2.62. The Labute approximate surface area is 434 Å². The number of imidazole rings is 1. The topological polar surface area (TPSA) is 409 Å². The van der Waals surface area contributed by atoms with Crippen molar-refractivity contribution in [1.82, 2.24) is 46.8 Å². The highest BCUT2D eigenvalue weighted by molar-refractivity contribution is 5.98. The number of nitrogens with one attached hydrogen (secondary N) is 7. The van der Waals surface area contributed by atoms with Gasteiger partial charge in [-0.25, -0.2) is 9.78 Å². The van der Waals surface area contributed by atoms with E-state index >= 15 is 0 Å². The molecule has 25 heteroatoms. The Morgan fingerprint density at radius 1 is 0.747 bits per heavy atom. The predicted molar refractivity (Wildman–Crippen MR) is 273 cm³/mol. The third kappa shape index (κ3) is 18.7. The normalized spacial score (nSPS) is 16.3. The molecule has 2 aromatic carbocycles. The van der Waals surface area contributed by atoms with Crippen LogP contribution in [0, 0.1) is 11.8 Å². The second-order valence-electron chi connectivity index (χ2n) is 18.9. The zero-order valence-electron chi connectivity index (χ0n) is 42.5. The molecule has 9 atom stereocenters. The van der Waals surface area contributed by atoms with Crippen molar-refractivity contribution in [2.45, 2.75) is 134 Å². The van der Waals surface area contributed by atoms with Crippen LogP contribution in [0.4, 0.5) is 0 Å². The Hall–Kier alpha value is -8.09. The van der Waals surface area contributed by atoms with Crippen LogP contribution in [0.5, 0.6) is 5.75 Å². The number of hydrogen-bond donors (Lipinski definition) is 13. The first kappa shape index (κ1) is 59.5. The largest absolute Gasteiger partial charge is 0.508 e. The van der Waals surface area contributed by atoms with Gasteiger partial charge in [0.15, 0.2) is 5.96 Å². The number of likely N-dealkylation sites (tertiary alicyclic amines) is 1. The summed E-state index contributed by atoms with van der Waals surface area (Å²) < 4.78 is 0.